The highest BCUT2D eigenvalue weighted by molar-refractivity contribution is 5.89. The molecule has 3 aromatic rings. The first kappa shape index (κ1) is 20.5. The van der Waals surface area contributed by atoms with Crippen LogP contribution < -0.4 is 0 Å². The molecule has 0 amide bonds. The van der Waals surface area contributed by atoms with E-state index < -0.39 is 0 Å². The quantitative estimate of drug-likeness (QED) is 0.481. The van der Waals surface area contributed by atoms with Crippen molar-refractivity contribution < 1.29 is 14.3 Å². The second-order valence-electron chi connectivity index (χ2n) is 9.36. The maximum atomic E-state index is 11.6. The fourth-order valence-corrected chi connectivity index (χ4v) is 6.29. The van der Waals surface area contributed by atoms with Crippen LogP contribution in [-0.4, -0.2) is 67.3 Å². The molecule has 0 aliphatic heterocycles. The Bertz CT molecular complexity index is 1170. The molecule has 0 aromatic carbocycles. The SMILES string of the molecule is CCOC(=O)c1n[nH]c2c1C[C@H]1[C@@H](CC)[C@@H]21.COC[C@@H]1[C@@H]2Cc3c(-c4nn[nH]n4)n[nH]c3[C@H]12. The third kappa shape index (κ3) is 3.12. The molecule has 3 aromatic heterocycles. The molecular formula is C22H28N8O3. The number of carbonyl (C=O) groups is 1. The number of tetrazole rings is 1. The molecule has 4 aliphatic carbocycles. The van der Waals surface area contributed by atoms with E-state index in [0.29, 0.717) is 41.8 Å². The Morgan fingerprint density at radius 2 is 1.73 bits per heavy atom. The van der Waals surface area contributed by atoms with Crippen molar-refractivity contribution >= 4 is 5.97 Å². The lowest BCUT2D eigenvalue weighted by Gasteiger charge is -2.02. The van der Waals surface area contributed by atoms with Crippen LogP contribution in [0.4, 0.5) is 0 Å². The summed E-state index contributed by atoms with van der Waals surface area (Å²) in [7, 11) is 1.76. The van der Waals surface area contributed by atoms with Gasteiger partial charge in [-0.15, -0.1) is 10.2 Å². The van der Waals surface area contributed by atoms with Gasteiger partial charge in [-0.25, -0.2) is 4.79 Å². The number of nitrogens with one attached hydrogen (secondary N) is 3. The number of fused-ring (bicyclic) bond motifs is 6. The highest BCUT2D eigenvalue weighted by atomic mass is 16.5. The molecule has 7 rings (SSSR count). The van der Waals surface area contributed by atoms with Crippen LogP contribution >= 0.6 is 0 Å². The zero-order valence-electron chi connectivity index (χ0n) is 19.0. The molecule has 0 unspecified atom stereocenters. The second-order valence-corrected chi connectivity index (χ2v) is 9.36. The van der Waals surface area contributed by atoms with Gasteiger partial charge in [0.1, 0.15) is 5.69 Å². The van der Waals surface area contributed by atoms with Crippen molar-refractivity contribution in [2.45, 2.75) is 44.9 Å². The number of ether oxygens (including phenoxy) is 2. The summed E-state index contributed by atoms with van der Waals surface area (Å²) in [5.41, 5.74) is 6.17. The van der Waals surface area contributed by atoms with Crippen molar-refractivity contribution in [1.82, 2.24) is 41.0 Å². The molecule has 11 nitrogen and oxygen atoms in total. The number of carbonyl (C=O) groups excluding carboxylic acids is 1. The molecule has 3 heterocycles. The van der Waals surface area contributed by atoms with Gasteiger partial charge in [0.2, 0.25) is 5.82 Å². The van der Waals surface area contributed by atoms with Crippen molar-refractivity contribution in [3.05, 3.63) is 28.2 Å². The molecule has 11 heteroatoms. The van der Waals surface area contributed by atoms with Crippen molar-refractivity contribution in [2.24, 2.45) is 23.7 Å². The van der Waals surface area contributed by atoms with E-state index in [9.17, 15) is 4.79 Å². The summed E-state index contributed by atoms with van der Waals surface area (Å²) in [6, 6.07) is 0. The normalized spacial score (nSPS) is 29.4. The Morgan fingerprint density at radius 1 is 1.00 bits per heavy atom. The van der Waals surface area contributed by atoms with Gasteiger partial charge in [0.05, 0.1) is 6.61 Å². The number of aromatic nitrogens is 8. The van der Waals surface area contributed by atoms with Gasteiger partial charge in [-0.1, -0.05) is 13.3 Å². The molecule has 2 fully saturated rings. The van der Waals surface area contributed by atoms with E-state index in [1.54, 1.807) is 7.11 Å². The molecule has 4 aliphatic rings. The van der Waals surface area contributed by atoms with E-state index in [1.807, 2.05) is 6.92 Å². The highest BCUT2D eigenvalue weighted by Gasteiger charge is 2.58. The van der Waals surface area contributed by atoms with E-state index in [2.05, 4.69) is 47.9 Å². The molecule has 33 heavy (non-hydrogen) atoms. The fraction of sp³-hybridized carbons (Fsp3) is 0.636. The standard InChI is InChI=1S/C12H16N2O2.C10H12N6O/c1-3-6-7-5-8-10(9(6)7)13-14-11(8)12(15)16-4-2;1-17-3-6-4-2-5-8(7(4)6)11-12-9(5)10-13-15-16-14-10/h6-7,9H,3-5H2,1-2H3,(H,13,14);4,6-7H,2-3H2,1H3,(H,11,12)(H,13,14,15,16)/t6-,7+,9-;4-,6+,7-/m10/s1. The second kappa shape index (κ2) is 7.75. The van der Waals surface area contributed by atoms with Crippen LogP contribution in [0, 0.1) is 23.7 Å². The third-order valence-electron chi connectivity index (χ3n) is 7.86. The zero-order chi connectivity index (χ0) is 22.7. The van der Waals surface area contributed by atoms with E-state index in [4.69, 9.17) is 9.47 Å². The fourth-order valence-electron chi connectivity index (χ4n) is 6.29. The maximum absolute atomic E-state index is 11.6. The van der Waals surface area contributed by atoms with Crippen molar-refractivity contribution in [1.29, 1.82) is 0 Å². The molecule has 6 atom stereocenters. The monoisotopic (exact) mass is 452 g/mol. The van der Waals surface area contributed by atoms with Crippen LogP contribution in [0.25, 0.3) is 11.5 Å². The van der Waals surface area contributed by atoms with Crippen LogP contribution in [0.15, 0.2) is 0 Å². The summed E-state index contributed by atoms with van der Waals surface area (Å²) in [4.78, 5) is 11.6. The summed E-state index contributed by atoms with van der Waals surface area (Å²) in [5.74, 6) is 4.46. The average Bonchev–Trinajstić information content (AvgIpc) is 3.30. The lowest BCUT2D eigenvalue weighted by molar-refractivity contribution is 0.0518. The van der Waals surface area contributed by atoms with E-state index in [-0.39, 0.29) is 5.97 Å². The molecular weight excluding hydrogens is 424 g/mol. The van der Waals surface area contributed by atoms with Gasteiger partial charge in [0.15, 0.2) is 5.69 Å². The van der Waals surface area contributed by atoms with E-state index in [1.165, 1.54) is 23.4 Å². The number of H-pyrrole nitrogens is 3. The van der Waals surface area contributed by atoms with Gasteiger partial charge in [0.25, 0.3) is 0 Å². The number of hydrogen-bond donors (Lipinski definition) is 3. The zero-order valence-corrected chi connectivity index (χ0v) is 19.0. The molecule has 0 radical (unpaired) electrons. The van der Waals surface area contributed by atoms with E-state index >= 15 is 0 Å². The first-order chi connectivity index (χ1) is 16.2. The van der Waals surface area contributed by atoms with Gasteiger partial charge in [-0.3, -0.25) is 10.2 Å². The number of hydrogen-bond acceptors (Lipinski definition) is 8. The topological polar surface area (TPSA) is 147 Å². The smallest absolute Gasteiger partial charge is 0.359 e. The number of aromatic amines is 3. The van der Waals surface area contributed by atoms with Crippen LogP contribution in [-0.2, 0) is 22.3 Å². The minimum absolute atomic E-state index is 0.283. The predicted octanol–water partition coefficient (Wildman–Crippen LogP) is 2.00. The van der Waals surface area contributed by atoms with Gasteiger partial charge in [-0.05, 0) is 48.7 Å². The summed E-state index contributed by atoms with van der Waals surface area (Å²) in [6.07, 6.45) is 3.28. The number of rotatable bonds is 6. The first-order valence-corrected chi connectivity index (χ1v) is 11.7. The molecule has 174 valence electrons. The van der Waals surface area contributed by atoms with Crippen LogP contribution in [0.1, 0.15) is 65.1 Å². The van der Waals surface area contributed by atoms with Crippen LogP contribution in [0.2, 0.25) is 0 Å². The molecule has 0 spiro atoms. The Kier molecular flexibility index (Phi) is 4.82. The van der Waals surface area contributed by atoms with Gasteiger partial charge in [0, 0.05) is 48.1 Å². The summed E-state index contributed by atoms with van der Waals surface area (Å²) >= 11 is 0. The Balaban J connectivity index is 0.000000125. The molecule has 2 saturated carbocycles. The molecule has 3 N–H and O–H groups in total. The Morgan fingerprint density at radius 3 is 2.45 bits per heavy atom. The van der Waals surface area contributed by atoms with Crippen LogP contribution in [0.3, 0.4) is 0 Å². The maximum Gasteiger partial charge on any atom is 0.359 e. The van der Waals surface area contributed by atoms with E-state index in [0.717, 1.165) is 42.5 Å². The van der Waals surface area contributed by atoms with Crippen LogP contribution in [0.5, 0.6) is 0 Å². The first-order valence-electron chi connectivity index (χ1n) is 11.7. The predicted molar refractivity (Wildman–Crippen MR) is 115 cm³/mol. The van der Waals surface area contributed by atoms with Gasteiger partial charge < -0.3 is 9.47 Å². The summed E-state index contributed by atoms with van der Waals surface area (Å²) < 4.78 is 10.2. The van der Waals surface area contributed by atoms with Crippen molar-refractivity contribution in [2.75, 3.05) is 20.3 Å². The lowest BCUT2D eigenvalue weighted by Crippen LogP contribution is -2.08. The number of methoxy groups -OCH3 is 1. The summed E-state index contributed by atoms with van der Waals surface area (Å²) in [5, 5.41) is 28.5. The van der Waals surface area contributed by atoms with Crippen molar-refractivity contribution in [3.8, 4) is 11.5 Å². The minimum atomic E-state index is -0.283. The molecule has 0 bridgehead atoms. The lowest BCUT2D eigenvalue weighted by atomic mass is 10.1. The number of nitrogens with zero attached hydrogens (tertiary/aromatic N) is 5. The average molecular weight is 453 g/mol. The van der Waals surface area contributed by atoms with Crippen molar-refractivity contribution in [3.63, 3.8) is 0 Å². The minimum Gasteiger partial charge on any atom is -0.461 e. The number of esters is 1. The Labute approximate surface area is 190 Å². The third-order valence-corrected chi connectivity index (χ3v) is 7.86. The largest absolute Gasteiger partial charge is 0.461 e. The van der Waals surface area contributed by atoms with Gasteiger partial charge in [-0.2, -0.15) is 15.4 Å². The molecule has 0 saturated heterocycles. The van der Waals surface area contributed by atoms with Gasteiger partial charge >= 0.3 is 5.97 Å². The highest BCUT2D eigenvalue weighted by Crippen LogP contribution is 2.63. The Hall–Kier alpha value is -3.08. The summed E-state index contributed by atoms with van der Waals surface area (Å²) in [6.45, 7) is 5.29.